The fraction of sp³-hybridized carbons (Fsp3) is 0.714. The summed E-state index contributed by atoms with van der Waals surface area (Å²) in [5.41, 5.74) is 2.15. The Morgan fingerprint density at radius 2 is 1.67 bits per heavy atom. The van der Waals surface area contributed by atoms with Crippen molar-refractivity contribution >= 4 is 9.84 Å². The first-order valence-electron chi connectivity index (χ1n) is 16.4. The van der Waals surface area contributed by atoms with Crippen molar-refractivity contribution in [2.45, 2.75) is 120 Å². The molecule has 1 aromatic carbocycles. The van der Waals surface area contributed by atoms with Crippen LogP contribution in [0.4, 0.5) is 0 Å². The Bertz CT molecular complexity index is 1150. The lowest BCUT2D eigenvalue weighted by molar-refractivity contribution is -0.0739. The van der Waals surface area contributed by atoms with Crippen LogP contribution in [-0.2, 0) is 24.0 Å². The molecular weight excluding hydrogens is 564 g/mol. The number of benzene rings is 1. The third-order valence-electron chi connectivity index (χ3n) is 10.1. The first-order chi connectivity index (χ1) is 20.6. The van der Waals surface area contributed by atoms with Crippen LogP contribution in [0.25, 0.3) is 0 Å². The number of rotatable bonds is 15. The first kappa shape index (κ1) is 34.3. The van der Waals surface area contributed by atoms with Crippen molar-refractivity contribution in [3.05, 3.63) is 54.6 Å². The van der Waals surface area contributed by atoms with Gasteiger partial charge in [0.05, 0.1) is 47.3 Å². The lowest BCUT2D eigenvalue weighted by atomic mass is 9.81. The van der Waals surface area contributed by atoms with E-state index in [1.165, 1.54) is 0 Å². The third kappa shape index (κ3) is 8.80. The van der Waals surface area contributed by atoms with E-state index in [4.69, 9.17) is 19.3 Å². The van der Waals surface area contributed by atoms with Crippen molar-refractivity contribution in [2.24, 2.45) is 23.7 Å². The second-order valence-electron chi connectivity index (χ2n) is 13.3. The van der Waals surface area contributed by atoms with Gasteiger partial charge in [-0.1, -0.05) is 58.5 Å². The SMILES string of the molecule is C=C1C[C@H](CCCO)OC1CC[C@H]1C[C@@H](C)C(=C)C(C[C@@H]2O[C@H](C[C@H](C)CC)[C@H](CO)C2CS(=O)(=O)c2ccccc2)O1. The Labute approximate surface area is 259 Å². The summed E-state index contributed by atoms with van der Waals surface area (Å²) in [7, 11) is -3.58. The zero-order valence-electron chi connectivity index (χ0n) is 26.4. The number of ether oxygens (including phenoxy) is 3. The predicted molar refractivity (Wildman–Crippen MR) is 169 cm³/mol. The summed E-state index contributed by atoms with van der Waals surface area (Å²) in [5.74, 6) is 0.00600. The molecule has 7 nitrogen and oxygen atoms in total. The Hall–Kier alpha value is -1.55. The highest BCUT2D eigenvalue weighted by atomic mass is 32.2. The Kier molecular flexibility index (Phi) is 12.5. The molecule has 43 heavy (non-hydrogen) atoms. The number of hydrogen-bond acceptors (Lipinski definition) is 7. The van der Waals surface area contributed by atoms with E-state index in [1.807, 2.05) is 6.07 Å². The molecule has 0 aliphatic carbocycles. The molecule has 0 saturated carbocycles. The molecule has 242 valence electrons. The molecule has 10 atom stereocenters. The third-order valence-corrected chi connectivity index (χ3v) is 11.9. The van der Waals surface area contributed by atoms with E-state index in [9.17, 15) is 13.5 Å². The van der Waals surface area contributed by atoms with Gasteiger partial charge < -0.3 is 24.4 Å². The zero-order chi connectivity index (χ0) is 31.1. The van der Waals surface area contributed by atoms with Gasteiger partial charge in [-0.2, -0.15) is 0 Å². The maximum atomic E-state index is 13.5. The number of aliphatic hydroxyl groups is 2. The minimum absolute atomic E-state index is 0.0172. The van der Waals surface area contributed by atoms with E-state index < -0.39 is 9.84 Å². The van der Waals surface area contributed by atoms with Gasteiger partial charge in [-0.15, -0.1) is 0 Å². The second-order valence-corrected chi connectivity index (χ2v) is 15.3. The van der Waals surface area contributed by atoms with Crippen LogP contribution in [0.3, 0.4) is 0 Å². The molecule has 0 amide bonds. The topological polar surface area (TPSA) is 102 Å². The molecule has 8 heteroatoms. The van der Waals surface area contributed by atoms with Gasteiger partial charge in [-0.25, -0.2) is 8.42 Å². The van der Waals surface area contributed by atoms with Gasteiger partial charge in [0.2, 0.25) is 0 Å². The highest BCUT2D eigenvalue weighted by Gasteiger charge is 2.48. The lowest BCUT2D eigenvalue weighted by Gasteiger charge is -2.38. The van der Waals surface area contributed by atoms with E-state index in [2.05, 4.69) is 33.9 Å². The molecule has 3 unspecified atom stereocenters. The Balaban J connectivity index is 1.46. The van der Waals surface area contributed by atoms with Crippen molar-refractivity contribution in [3.63, 3.8) is 0 Å². The second kappa shape index (κ2) is 15.6. The normalized spacial score (nSPS) is 34.1. The summed E-state index contributed by atoms with van der Waals surface area (Å²) in [6.07, 6.45) is 6.71. The summed E-state index contributed by atoms with van der Waals surface area (Å²) in [6, 6.07) is 8.58. The van der Waals surface area contributed by atoms with Crippen molar-refractivity contribution in [1.82, 2.24) is 0 Å². The smallest absolute Gasteiger partial charge is 0.178 e. The largest absolute Gasteiger partial charge is 0.396 e. The van der Waals surface area contributed by atoms with Crippen LogP contribution < -0.4 is 0 Å². The van der Waals surface area contributed by atoms with Crippen LogP contribution in [0.15, 0.2) is 59.5 Å². The minimum atomic E-state index is -3.58. The maximum Gasteiger partial charge on any atom is 0.178 e. The van der Waals surface area contributed by atoms with Crippen LogP contribution in [0.2, 0.25) is 0 Å². The van der Waals surface area contributed by atoms with Gasteiger partial charge in [-0.05, 0) is 80.1 Å². The molecule has 0 radical (unpaired) electrons. The Morgan fingerprint density at radius 3 is 2.35 bits per heavy atom. The number of hydrogen-bond donors (Lipinski definition) is 2. The molecule has 3 heterocycles. The van der Waals surface area contributed by atoms with Crippen LogP contribution in [0, 0.1) is 23.7 Å². The summed E-state index contributed by atoms with van der Waals surface area (Å²) in [6.45, 7) is 15.2. The van der Waals surface area contributed by atoms with E-state index in [0.29, 0.717) is 17.2 Å². The molecule has 1 aromatic rings. The molecule has 3 saturated heterocycles. The average Bonchev–Trinajstić information content (AvgIpc) is 3.50. The molecule has 3 fully saturated rings. The van der Waals surface area contributed by atoms with E-state index in [1.54, 1.807) is 24.3 Å². The van der Waals surface area contributed by atoms with E-state index in [0.717, 1.165) is 62.5 Å². The van der Waals surface area contributed by atoms with Gasteiger partial charge in [0.15, 0.2) is 9.84 Å². The molecule has 0 aromatic heterocycles. The van der Waals surface area contributed by atoms with Crippen molar-refractivity contribution < 1.29 is 32.8 Å². The van der Waals surface area contributed by atoms with Crippen LogP contribution in [-0.4, -0.2) is 74.2 Å². The highest BCUT2D eigenvalue weighted by Crippen LogP contribution is 2.43. The van der Waals surface area contributed by atoms with Crippen LogP contribution in [0.5, 0.6) is 0 Å². The highest BCUT2D eigenvalue weighted by molar-refractivity contribution is 7.91. The van der Waals surface area contributed by atoms with Gasteiger partial charge >= 0.3 is 0 Å². The molecular formula is C35H54O7S. The molecule has 3 aliphatic heterocycles. The monoisotopic (exact) mass is 618 g/mol. The average molecular weight is 619 g/mol. The van der Waals surface area contributed by atoms with Gasteiger partial charge in [0.1, 0.15) is 0 Å². The van der Waals surface area contributed by atoms with Gasteiger partial charge in [-0.3, -0.25) is 0 Å². The molecule has 2 N–H and O–H groups in total. The molecule has 4 rings (SSSR count). The van der Waals surface area contributed by atoms with E-state index >= 15 is 0 Å². The zero-order valence-corrected chi connectivity index (χ0v) is 27.2. The molecule has 3 aliphatic rings. The minimum Gasteiger partial charge on any atom is -0.396 e. The van der Waals surface area contributed by atoms with Crippen LogP contribution in [0.1, 0.15) is 78.6 Å². The lowest BCUT2D eigenvalue weighted by Crippen LogP contribution is -2.39. The quantitative estimate of drug-likeness (QED) is 0.236. The number of sulfone groups is 1. The number of aliphatic hydroxyl groups excluding tert-OH is 2. The summed E-state index contributed by atoms with van der Waals surface area (Å²) in [5, 5.41) is 19.7. The van der Waals surface area contributed by atoms with Gasteiger partial charge in [0.25, 0.3) is 0 Å². The first-order valence-corrected chi connectivity index (χ1v) is 18.0. The fourth-order valence-corrected chi connectivity index (χ4v) is 8.94. The Morgan fingerprint density at radius 1 is 0.953 bits per heavy atom. The van der Waals surface area contributed by atoms with Gasteiger partial charge in [0, 0.05) is 31.5 Å². The standard InChI is InChI=1S/C35H54O7S/c1-6-23(2)17-34-30(21-37)31(22-43(38,39)29-12-8-7-9-13-29)35(42-34)20-33-26(5)24(3)18-28(41-33)14-15-32-25(4)19-27(40-32)11-10-16-36/h7-9,12-13,23-24,27-28,30-37H,4-6,10-11,14-22H2,1-3H3/t23-,24-,27+,28+,30-,31?,32?,33?,34-,35+/m1/s1. The van der Waals surface area contributed by atoms with Crippen molar-refractivity contribution in [1.29, 1.82) is 0 Å². The molecule has 0 spiro atoms. The van der Waals surface area contributed by atoms with E-state index in [-0.39, 0.29) is 73.3 Å². The fourth-order valence-electron chi connectivity index (χ4n) is 7.20. The summed E-state index contributed by atoms with van der Waals surface area (Å²) >= 11 is 0. The maximum absolute atomic E-state index is 13.5. The molecule has 0 bridgehead atoms. The van der Waals surface area contributed by atoms with Crippen molar-refractivity contribution in [3.8, 4) is 0 Å². The van der Waals surface area contributed by atoms with Crippen LogP contribution >= 0.6 is 0 Å². The van der Waals surface area contributed by atoms with Crippen molar-refractivity contribution in [2.75, 3.05) is 19.0 Å². The predicted octanol–water partition coefficient (Wildman–Crippen LogP) is 5.89. The summed E-state index contributed by atoms with van der Waals surface area (Å²) < 4.78 is 46.7. The summed E-state index contributed by atoms with van der Waals surface area (Å²) in [4.78, 5) is 0.303.